The minimum absolute atomic E-state index is 0.235. The molecule has 2 aromatic rings. The molecule has 2 rings (SSSR count). The van der Waals surface area contributed by atoms with Crippen molar-refractivity contribution < 1.29 is 9.90 Å². The molecule has 0 spiro atoms. The molecule has 0 fully saturated rings. The number of aryl methyl sites for hydroxylation is 2. The summed E-state index contributed by atoms with van der Waals surface area (Å²) in [6.07, 6.45) is 5.18. The third-order valence-corrected chi connectivity index (χ3v) is 3.01. The van der Waals surface area contributed by atoms with Crippen LogP contribution >= 0.6 is 0 Å². The van der Waals surface area contributed by atoms with Crippen molar-refractivity contribution in [2.45, 2.75) is 13.5 Å². The molecular weight excluding hydrogens is 244 g/mol. The van der Waals surface area contributed by atoms with Crippen molar-refractivity contribution in [3.63, 3.8) is 0 Å². The summed E-state index contributed by atoms with van der Waals surface area (Å²) in [4.78, 5) is 21.5. The first-order chi connectivity index (χ1) is 9.00. The fourth-order valence-corrected chi connectivity index (χ4v) is 1.93. The van der Waals surface area contributed by atoms with Gasteiger partial charge in [0.15, 0.2) is 0 Å². The largest absolute Gasteiger partial charge is 0.478 e. The zero-order valence-electron chi connectivity index (χ0n) is 11.2. The highest BCUT2D eigenvalue weighted by Crippen LogP contribution is 2.21. The molecule has 6 heteroatoms. The average molecular weight is 260 g/mol. The standard InChI is InChI=1S/C13H16N4O2/c1-9-4-5-15-12(11(9)13(18)19)17(3)8-10-14-6-7-16(10)2/h4-7H,8H2,1-3H3,(H,18,19). The van der Waals surface area contributed by atoms with Gasteiger partial charge >= 0.3 is 5.97 Å². The summed E-state index contributed by atoms with van der Waals surface area (Å²) in [5.41, 5.74) is 0.934. The van der Waals surface area contributed by atoms with Crippen LogP contribution in [0.15, 0.2) is 24.7 Å². The van der Waals surface area contributed by atoms with E-state index in [1.807, 2.05) is 24.9 Å². The lowest BCUT2D eigenvalue weighted by atomic mass is 10.1. The summed E-state index contributed by atoms with van der Waals surface area (Å²) in [5, 5.41) is 9.29. The van der Waals surface area contributed by atoms with Crippen molar-refractivity contribution in [2.24, 2.45) is 7.05 Å². The van der Waals surface area contributed by atoms with Crippen LogP contribution in [0.25, 0.3) is 0 Å². The third kappa shape index (κ3) is 2.57. The summed E-state index contributed by atoms with van der Waals surface area (Å²) >= 11 is 0. The van der Waals surface area contributed by atoms with E-state index in [2.05, 4.69) is 9.97 Å². The average Bonchev–Trinajstić information content (AvgIpc) is 2.74. The van der Waals surface area contributed by atoms with E-state index in [1.165, 1.54) is 0 Å². The van der Waals surface area contributed by atoms with Crippen molar-refractivity contribution in [1.29, 1.82) is 0 Å². The third-order valence-electron chi connectivity index (χ3n) is 3.01. The second-order valence-electron chi connectivity index (χ2n) is 4.44. The maximum atomic E-state index is 11.3. The monoisotopic (exact) mass is 260 g/mol. The quantitative estimate of drug-likeness (QED) is 0.901. The smallest absolute Gasteiger partial charge is 0.339 e. The number of carbonyl (C=O) groups is 1. The maximum absolute atomic E-state index is 11.3. The summed E-state index contributed by atoms with van der Waals surface area (Å²) in [6, 6.07) is 1.70. The second kappa shape index (κ2) is 5.09. The molecule has 0 aliphatic heterocycles. The fraction of sp³-hybridized carbons (Fsp3) is 0.308. The van der Waals surface area contributed by atoms with Gasteiger partial charge in [-0.1, -0.05) is 0 Å². The van der Waals surface area contributed by atoms with E-state index in [4.69, 9.17) is 0 Å². The van der Waals surface area contributed by atoms with E-state index >= 15 is 0 Å². The molecule has 0 radical (unpaired) electrons. The van der Waals surface area contributed by atoms with Crippen molar-refractivity contribution in [3.8, 4) is 0 Å². The van der Waals surface area contributed by atoms with Crippen LogP contribution in [0.5, 0.6) is 0 Å². The molecule has 2 aromatic heterocycles. The minimum Gasteiger partial charge on any atom is -0.478 e. The zero-order chi connectivity index (χ0) is 14.0. The number of rotatable bonds is 4. The molecule has 0 amide bonds. The van der Waals surface area contributed by atoms with E-state index in [1.54, 1.807) is 30.3 Å². The normalized spacial score (nSPS) is 10.5. The van der Waals surface area contributed by atoms with Crippen LogP contribution in [0.4, 0.5) is 5.82 Å². The predicted molar refractivity (Wildman–Crippen MR) is 71.2 cm³/mol. The van der Waals surface area contributed by atoms with E-state index in [-0.39, 0.29) is 5.56 Å². The number of hydrogen-bond donors (Lipinski definition) is 1. The van der Waals surface area contributed by atoms with Crippen LogP contribution in [0.1, 0.15) is 21.7 Å². The number of hydrogen-bond acceptors (Lipinski definition) is 4. The number of anilines is 1. The number of aromatic carboxylic acids is 1. The van der Waals surface area contributed by atoms with Crippen LogP contribution in [0.3, 0.4) is 0 Å². The van der Waals surface area contributed by atoms with Gasteiger partial charge in [0.1, 0.15) is 17.2 Å². The highest BCUT2D eigenvalue weighted by atomic mass is 16.4. The first-order valence-electron chi connectivity index (χ1n) is 5.87. The van der Waals surface area contributed by atoms with Crippen molar-refractivity contribution >= 4 is 11.8 Å². The van der Waals surface area contributed by atoms with E-state index in [9.17, 15) is 9.90 Å². The topological polar surface area (TPSA) is 71.2 Å². The lowest BCUT2D eigenvalue weighted by Gasteiger charge is -2.20. The van der Waals surface area contributed by atoms with Gasteiger partial charge in [-0.25, -0.2) is 14.8 Å². The molecule has 0 saturated carbocycles. The Morgan fingerprint density at radius 3 is 2.74 bits per heavy atom. The predicted octanol–water partition coefficient (Wildman–Crippen LogP) is 1.46. The number of imidazole rings is 1. The first kappa shape index (κ1) is 13.1. The Bertz CT molecular complexity index is 606. The highest BCUT2D eigenvalue weighted by Gasteiger charge is 2.18. The van der Waals surface area contributed by atoms with Gasteiger partial charge in [-0.05, 0) is 18.6 Å². The van der Waals surface area contributed by atoms with Gasteiger partial charge in [-0.3, -0.25) is 0 Å². The molecule has 1 N–H and O–H groups in total. The van der Waals surface area contributed by atoms with Crippen LogP contribution in [-0.2, 0) is 13.6 Å². The van der Waals surface area contributed by atoms with Crippen LogP contribution in [0, 0.1) is 6.92 Å². The Labute approximate surface area is 111 Å². The van der Waals surface area contributed by atoms with Gasteiger partial charge in [0, 0.05) is 32.7 Å². The van der Waals surface area contributed by atoms with Gasteiger partial charge in [-0.2, -0.15) is 0 Å². The first-order valence-corrected chi connectivity index (χ1v) is 5.87. The number of aromatic nitrogens is 3. The molecule has 0 aromatic carbocycles. The van der Waals surface area contributed by atoms with Gasteiger partial charge in [-0.15, -0.1) is 0 Å². The summed E-state index contributed by atoms with van der Waals surface area (Å²) in [5.74, 6) is 0.338. The fourth-order valence-electron chi connectivity index (χ4n) is 1.93. The lowest BCUT2D eigenvalue weighted by molar-refractivity contribution is 0.0696. The molecule has 0 saturated heterocycles. The molecule has 0 unspecified atom stereocenters. The van der Waals surface area contributed by atoms with Crippen LogP contribution in [-0.4, -0.2) is 32.7 Å². The number of carboxylic acid groups (broad SMARTS) is 1. The Morgan fingerprint density at radius 1 is 1.42 bits per heavy atom. The SMILES string of the molecule is Cc1ccnc(N(C)Cc2nccn2C)c1C(=O)O. The zero-order valence-corrected chi connectivity index (χ0v) is 11.2. The molecule has 0 atom stereocenters. The van der Waals surface area contributed by atoms with Crippen molar-refractivity contribution in [2.75, 3.05) is 11.9 Å². The maximum Gasteiger partial charge on any atom is 0.339 e. The summed E-state index contributed by atoms with van der Waals surface area (Å²) < 4.78 is 1.90. The van der Waals surface area contributed by atoms with E-state index in [0.29, 0.717) is 17.9 Å². The lowest BCUT2D eigenvalue weighted by Crippen LogP contribution is -2.23. The number of pyridine rings is 1. The molecule has 6 nitrogen and oxygen atoms in total. The van der Waals surface area contributed by atoms with Crippen LogP contribution < -0.4 is 4.90 Å². The van der Waals surface area contributed by atoms with Crippen LogP contribution in [0.2, 0.25) is 0 Å². The van der Waals surface area contributed by atoms with Crippen molar-refractivity contribution in [3.05, 3.63) is 41.6 Å². The minimum atomic E-state index is -0.965. The Balaban J connectivity index is 2.34. The highest BCUT2D eigenvalue weighted by molar-refractivity contribution is 5.94. The molecule has 0 aliphatic rings. The van der Waals surface area contributed by atoms with E-state index < -0.39 is 5.97 Å². The molecule has 0 bridgehead atoms. The summed E-state index contributed by atoms with van der Waals surface area (Å²) in [7, 11) is 3.71. The molecule has 2 heterocycles. The molecular formula is C13H16N4O2. The van der Waals surface area contributed by atoms with Gasteiger partial charge < -0.3 is 14.6 Å². The Kier molecular flexibility index (Phi) is 3.50. The van der Waals surface area contributed by atoms with Crippen molar-refractivity contribution in [1.82, 2.24) is 14.5 Å². The molecule has 100 valence electrons. The Hall–Kier alpha value is -2.37. The van der Waals surface area contributed by atoms with Gasteiger partial charge in [0.2, 0.25) is 0 Å². The second-order valence-corrected chi connectivity index (χ2v) is 4.44. The van der Waals surface area contributed by atoms with Gasteiger partial charge in [0.05, 0.1) is 6.54 Å². The number of carboxylic acids is 1. The number of nitrogens with zero attached hydrogens (tertiary/aromatic N) is 4. The van der Waals surface area contributed by atoms with E-state index in [0.717, 1.165) is 5.82 Å². The molecule has 19 heavy (non-hydrogen) atoms. The summed E-state index contributed by atoms with van der Waals surface area (Å²) in [6.45, 7) is 2.27. The van der Waals surface area contributed by atoms with Gasteiger partial charge in [0.25, 0.3) is 0 Å². The Morgan fingerprint density at radius 2 is 2.16 bits per heavy atom. The molecule has 0 aliphatic carbocycles.